The number of likely N-dealkylation sites (tertiary alicyclic amines) is 1. The molecule has 5 rings (SSSR count). The quantitative estimate of drug-likeness (QED) is 0.495. The highest BCUT2D eigenvalue weighted by molar-refractivity contribution is 6.33. The maximum absolute atomic E-state index is 13.5. The van der Waals surface area contributed by atoms with Gasteiger partial charge in [-0.15, -0.1) is 0 Å². The van der Waals surface area contributed by atoms with Gasteiger partial charge in [0.05, 0.1) is 28.7 Å². The number of hydrogen-bond donors (Lipinski definition) is 1. The third-order valence-corrected chi connectivity index (χ3v) is 7.47. The zero-order valence-corrected chi connectivity index (χ0v) is 21.1. The first-order chi connectivity index (χ1) is 18.3. The number of benzene rings is 2. The van der Waals surface area contributed by atoms with E-state index in [0.29, 0.717) is 42.9 Å². The zero-order valence-electron chi connectivity index (χ0n) is 20.3. The highest BCUT2D eigenvalue weighted by Crippen LogP contribution is 2.42. The highest BCUT2D eigenvalue weighted by atomic mass is 35.5. The molecule has 0 bridgehead atoms. The molecule has 0 aliphatic carbocycles. The predicted molar refractivity (Wildman–Crippen MR) is 138 cm³/mol. The fraction of sp³-hybridized carbons (Fsp3) is 0.286. The number of hydrogen-bond acceptors (Lipinski definition) is 5. The number of ether oxygens (including phenoxy) is 1. The maximum Gasteiger partial charge on any atom is 0.412 e. The molecular formula is C28H24ClFN4O4. The summed E-state index contributed by atoms with van der Waals surface area (Å²) >= 11 is 6.47. The molecule has 1 aromatic heterocycles. The normalized spacial score (nSPS) is 18.2. The van der Waals surface area contributed by atoms with Gasteiger partial charge in [-0.05, 0) is 55.2 Å². The van der Waals surface area contributed by atoms with Crippen LogP contribution in [0.3, 0.4) is 0 Å². The van der Waals surface area contributed by atoms with Gasteiger partial charge in [0.15, 0.2) is 6.10 Å². The van der Waals surface area contributed by atoms with Crippen molar-refractivity contribution >= 4 is 29.3 Å². The van der Waals surface area contributed by atoms with E-state index in [9.17, 15) is 24.3 Å². The van der Waals surface area contributed by atoms with Gasteiger partial charge < -0.3 is 14.7 Å². The molecule has 2 aliphatic rings. The van der Waals surface area contributed by atoms with Crippen molar-refractivity contribution in [2.75, 3.05) is 24.5 Å². The van der Waals surface area contributed by atoms with Gasteiger partial charge in [-0.25, -0.2) is 9.18 Å². The summed E-state index contributed by atoms with van der Waals surface area (Å²) < 4.78 is 19.3. The van der Waals surface area contributed by atoms with Crippen molar-refractivity contribution in [3.05, 3.63) is 77.3 Å². The summed E-state index contributed by atoms with van der Waals surface area (Å²) in [6.45, 7) is 0.475. The standard InChI is InChI=1S/C28H24ClFN4O4/c29-22-13-23-24(12-21(22)19-2-1-9-32-15-19)38-25(16-34(23)27(36)37)26(35)33-10-7-28(17-31,8-11-33)14-18-3-5-20(30)6-4-18/h1-6,9,12-13,15,25H,7-8,10-11,14,16H2,(H,36,37). The molecule has 1 atom stereocenters. The summed E-state index contributed by atoms with van der Waals surface area (Å²) in [6.07, 6.45) is 2.34. The van der Waals surface area contributed by atoms with E-state index in [1.54, 1.807) is 41.6 Å². The summed E-state index contributed by atoms with van der Waals surface area (Å²) in [5.41, 5.74) is 1.79. The Hall–Kier alpha value is -4.16. The lowest BCUT2D eigenvalue weighted by Crippen LogP contribution is -2.54. The Morgan fingerprint density at radius 3 is 2.58 bits per heavy atom. The summed E-state index contributed by atoms with van der Waals surface area (Å²) in [7, 11) is 0. The number of aromatic nitrogens is 1. The second-order valence-electron chi connectivity index (χ2n) is 9.56. The molecule has 3 heterocycles. The molecule has 10 heteroatoms. The van der Waals surface area contributed by atoms with E-state index in [4.69, 9.17) is 16.3 Å². The largest absolute Gasteiger partial charge is 0.476 e. The second kappa shape index (κ2) is 10.3. The zero-order chi connectivity index (χ0) is 26.9. The van der Waals surface area contributed by atoms with Gasteiger partial charge in [-0.1, -0.05) is 29.8 Å². The predicted octanol–water partition coefficient (Wildman–Crippen LogP) is 5.16. The molecule has 38 heavy (non-hydrogen) atoms. The Labute approximate surface area is 223 Å². The molecule has 0 saturated carbocycles. The van der Waals surface area contributed by atoms with Crippen molar-refractivity contribution in [1.29, 1.82) is 5.26 Å². The Bertz CT molecular complexity index is 1400. The number of fused-ring (bicyclic) bond motifs is 1. The second-order valence-corrected chi connectivity index (χ2v) is 9.97. The number of pyridine rings is 1. The van der Waals surface area contributed by atoms with Crippen LogP contribution in [0.15, 0.2) is 60.9 Å². The molecular weight excluding hydrogens is 511 g/mol. The molecule has 194 valence electrons. The molecule has 1 fully saturated rings. The minimum atomic E-state index is -1.22. The van der Waals surface area contributed by atoms with Gasteiger partial charge in [0.25, 0.3) is 5.91 Å². The van der Waals surface area contributed by atoms with Crippen LogP contribution in [0.2, 0.25) is 5.02 Å². The van der Waals surface area contributed by atoms with Gasteiger partial charge >= 0.3 is 6.09 Å². The topological polar surface area (TPSA) is 107 Å². The Morgan fingerprint density at radius 1 is 1.21 bits per heavy atom. The molecule has 2 aromatic carbocycles. The molecule has 1 N–H and O–H groups in total. The van der Waals surface area contributed by atoms with Gasteiger partial charge in [0.2, 0.25) is 0 Å². The molecule has 1 unspecified atom stereocenters. The van der Waals surface area contributed by atoms with Crippen LogP contribution in [0, 0.1) is 22.6 Å². The monoisotopic (exact) mass is 534 g/mol. The van der Waals surface area contributed by atoms with E-state index in [2.05, 4.69) is 11.1 Å². The fourth-order valence-electron chi connectivity index (χ4n) is 5.04. The van der Waals surface area contributed by atoms with E-state index >= 15 is 0 Å². The smallest absolute Gasteiger partial charge is 0.412 e. The lowest BCUT2D eigenvalue weighted by Gasteiger charge is -2.40. The lowest BCUT2D eigenvalue weighted by atomic mass is 9.75. The third kappa shape index (κ3) is 5.00. The van der Waals surface area contributed by atoms with Crippen LogP contribution in [0.25, 0.3) is 11.1 Å². The van der Waals surface area contributed by atoms with Gasteiger partial charge in [-0.2, -0.15) is 5.26 Å². The molecule has 1 saturated heterocycles. The van der Waals surface area contributed by atoms with Crippen molar-refractivity contribution in [3.8, 4) is 22.9 Å². The van der Waals surface area contributed by atoms with Crippen LogP contribution < -0.4 is 9.64 Å². The minimum Gasteiger partial charge on any atom is -0.476 e. The van der Waals surface area contributed by atoms with Crippen molar-refractivity contribution in [1.82, 2.24) is 9.88 Å². The van der Waals surface area contributed by atoms with Crippen molar-refractivity contribution in [2.45, 2.75) is 25.4 Å². The van der Waals surface area contributed by atoms with E-state index in [-0.39, 0.29) is 29.7 Å². The molecule has 8 nitrogen and oxygen atoms in total. The van der Waals surface area contributed by atoms with E-state index in [0.717, 1.165) is 16.0 Å². The van der Waals surface area contributed by atoms with Crippen molar-refractivity contribution in [3.63, 3.8) is 0 Å². The average molecular weight is 535 g/mol. The third-order valence-electron chi connectivity index (χ3n) is 7.16. The van der Waals surface area contributed by atoms with Gasteiger partial charge in [0.1, 0.15) is 11.6 Å². The van der Waals surface area contributed by atoms with Crippen LogP contribution in [0.1, 0.15) is 18.4 Å². The van der Waals surface area contributed by atoms with Gasteiger partial charge in [-0.3, -0.25) is 14.7 Å². The van der Waals surface area contributed by atoms with E-state index in [1.165, 1.54) is 18.2 Å². The number of carbonyl (C=O) groups excluding carboxylic acids is 1. The Kier molecular flexibility index (Phi) is 6.91. The summed E-state index contributed by atoms with van der Waals surface area (Å²) in [4.78, 5) is 32.3. The van der Waals surface area contributed by atoms with Gasteiger partial charge in [0, 0.05) is 36.6 Å². The highest BCUT2D eigenvalue weighted by Gasteiger charge is 2.41. The van der Waals surface area contributed by atoms with Crippen LogP contribution in [0.5, 0.6) is 5.75 Å². The number of carboxylic acid groups (broad SMARTS) is 1. The first kappa shape index (κ1) is 25.5. The van der Waals surface area contributed by atoms with Crippen LogP contribution >= 0.6 is 11.6 Å². The van der Waals surface area contributed by atoms with Crippen LogP contribution in [0.4, 0.5) is 14.9 Å². The van der Waals surface area contributed by atoms with Crippen molar-refractivity contribution < 1.29 is 23.8 Å². The number of nitrogens with zero attached hydrogens (tertiary/aromatic N) is 4. The SMILES string of the molecule is N#CC1(Cc2ccc(F)cc2)CCN(C(=O)C2CN(C(=O)O)c3cc(Cl)c(-c4cccnc4)cc3O2)CC1. The molecule has 3 aromatic rings. The number of halogens is 2. The molecule has 0 spiro atoms. The number of carbonyl (C=O) groups is 2. The number of anilines is 1. The first-order valence-corrected chi connectivity index (χ1v) is 12.5. The molecule has 0 radical (unpaired) electrons. The maximum atomic E-state index is 13.5. The summed E-state index contributed by atoms with van der Waals surface area (Å²) in [5, 5.41) is 20.1. The van der Waals surface area contributed by atoms with Crippen LogP contribution in [-0.2, 0) is 11.2 Å². The number of amides is 2. The lowest BCUT2D eigenvalue weighted by molar-refractivity contribution is -0.140. The van der Waals surface area contributed by atoms with Crippen LogP contribution in [-0.4, -0.2) is 52.7 Å². The summed E-state index contributed by atoms with van der Waals surface area (Å²) in [6, 6.07) is 15.2. The number of rotatable bonds is 4. The Morgan fingerprint density at radius 2 is 1.95 bits per heavy atom. The molecule has 2 aliphatic heterocycles. The van der Waals surface area contributed by atoms with Crippen molar-refractivity contribution in [2.24, 2.45) is 5.41 Å². The minimum absolute atomic E-state index is 0.181. The molecule has 2 amide bonds. The van der Waals surface area contributed by atoms with E-state index in [1.807, 2.05) is 6.07 Å². The van der Waals surface area contributed by atoms with E-state index < -0.39 is 17.6 Å². The fourth-order valence-corrected chi connectivity index (χ4v) is 5.30. The number of piperidine rings is 1. The Balaban J connectivity index is 1.34. The number of nitriles is 1. The average Bonchev–Trinajstić information content (AvgIpc) is 2.94. The summed E-state index contributed by atoms with van der Waals surface area (Å²) in [5.74, 6) is -0.437. The first-order valence-electron chi connectivity index (χ1n) is 12.1.